The van der Waals surface area contributed by atoms with Crippen molar-refractivity contribution in [3.8, 4) is 18.1 Å². The number of aromatic hydroxyl groups is 1. The van der Waals surface area contributed by atoms with Crippen molar-refractivity contribution in [3.05, 3.63) is 95.1 Å². The maximum atomic E-state index is 14.3. The summed E-state index contributed by atoms with van der Waals surface area (Å²) in [4.78, 5) is 47.7. The smallest absolute Gasteiger partial charge is 0.334 e. The number of hydrogen-bond acceptors (Lipinski definition) is 7. The quantitative estimate of drug-likeness (QED) is 0.366. The maximum Gasteiger partial charge on any atom is 0.334 e. The van der Waals surface area contributed by atoms with Crippen molar-refractivity contribution >= 4 is 23.5 Å². The van der Waals surface area contributed by atoms with Gasteiger partial charge in [0.25, 0.3) is 0 Å². The summed E-state index contributed by atoms with van der Waals surface area (Å²) in [5.74, 6) is 2.22. The molecule has 6 rings (SSSR count). The van der Waals surface area contributed by atoms with Gasteiger partial charge in [0.15, 0.2) is 0 Å². The highest BCUT2D eigenvalue weighted by Gasteiger charge is 2.51. The number of terminal acetylenes is 1. The van der Waals surface area contributed by atoms with Crippen LogP contribution in [0.2, 0.25) is 0 Å². The van der Waals surface area contributed by atoms with Crippen LogP contribution in [0.25, 0.3) is 0 Å². The Bertz CT molecular complexity index is 1640. The number of benzene rings is 3. The molecule has 0 saturated carbocycles. The van der Waals surface area contributed by atoms with Crippen molar-refractivity contribution in [2.75, 3.05) is 50.8 Å². The Morgan fingerprint density at radius 1 is 1.00 bits per heavy atom. The van der Waals surface area contributed by atoms with Crippen LogP contribution >= 0.6 is 0 Å². The Hall–Kier alpha value is -5.05. The minimum absolute atomic E-state index is 0.0479. The number of ether oxygens (including phenoxy) is 1. The van der Waals surface area contributed by atoms with E-state index in [4.69, 9.17) is 11.2 Å². The van der Waals surface area contributed by atoms with E-state index in [1.807, 2.05) is 36.4 Å². The van der Waals surface area contributed by atoms with Gasteiger partial charge in [-0.05, 0) is 47.4 Å². The molecule has 11 nitrogen and oxygen atoms in total. The Balaban J connectivity index is 1.33. The standard InChI is InChI=1S/C36H40N6O5/c1-3-15-40-25-34(44)41-32(20-27-11-13-30(43)14-12-27)35(45)39(23-29-10-9-26(2)31(21-29)38-16-18-47-19-17-38)24-33(41)42(40)36(46)37-22-28-7-5-4-6-8-28/h1,4-14,21,32-33,43H,15-20,22-25H2,2H3,(H,37,46)/t32-,33?/m0/s1. The van der Waals surface area contributed by atoms with E-state index < -0.39 is 18.2 Å². The van der Waals surface area contributed by atoms with Crippen LogP contribution in [0.5, 0.6) is 5.75 Å². The van der Waals surface area contributed by atoms with Gasteiger partial charge in [-0.2, -0.15) is 5.01 Å². The Kier molecular flexibility index (Phi) is 9.61. The van der Waals surface area contributed by atoms with Crippen molar-refractivity contribution < 1.29 is 24.2 Å². The lowest BCUT2D eigenvalue weighted by Gasteiger charge is -2.55. The average molecular weight is 637 g/mol. The van der Waals surface area contributed by atoms with Gasteiger partial charge in [0.2, 0.25) is 11.8 Å². The van der Waals surface area contributed by atoms with Crippen LogP contribution in [0.3, 0.4) is 0 Å². The topological polar surface area (TPSA) is 109 Å². The molecule has 3 aromatic carbocycles. The number of carbonyl (C=O) groups is 3. The molecule has 0 aliphatic carbocycles. The number of piperazine rings is 1. The molecular weight excluding hydrogens is 596 g/mol. The van der Waals surface area contributed by atoms with Crippen LogP contribution in [0.1, 0.15) is 22.3 Å². The second-order valence-electron chi connectivity index (χ2n) is 12.1. The SMILES string of the molecule is C#CCN1CC(=O)N2C(CN(Cc3ccc(C)c(N4CCOCC4)c3)C(=O)[C@@H]2Cc2ccc(O)cc2)N1C(=O)NCc1ccccc1. The molecule has 1 unspecified atom stereocenters. The zero-order valence-electron chi connectivity index (χ0n) is 26.5. The molecular formula is C36H40N6O5. The lowest BCUT2D eigenvalue weighted by molar-refractivity contribution is -0.189. The number of carbonyl (C=O) groups excluding carboxylic acids is 3. The summed E-state index contributed by atoms with van der Waals surface area (Å²) in [7, 11) is 0. The molecule has 3 fully saturated rings. The lowest BCUT2D eigenvalue weighted by atomic mass is 9.98. The van der Waals surface area contributed by atoms with Crippen LogP contribution in [0.4, 0.5) is 10.5 Å². The van der Waals surface area contributed by atoms with E-state index in [0.717, 1.165) is 41.0 Å². The van der Waals surface area contributed by atoms with E-state index in [2.05, 4.69) is 35.2 Å². The summed E-state index contributed by atoms with van der Waals surface area (Å²) in [6, 6.07) is 21.1. The van der Waals surface area contributed by atoms with Crippen molar-refractivity contribution in [3.63, 3.8) is 0 Å². The Morgan fingerprint density at radius 3 is 2.45 bits per heavy atom. The number of phenolic OH excluding ortho intramolecular Hbond substituents is 1. The van der Waals surface area contributed by atoms with Gasteiger partial charge < -0.3 is 29.9 Å². The average Bonchev–Trinajstić information content (AvgIpc) is 3.08. The first kappa shape index (κ1) is 31.9. The number of phenols is 1. The van der Waals surface area contributed by atoms with Crippen molar-refractivity contribution in [1.29, 1.82) is 0 Å². The van der Waals surface area contributed by atoms with Crippen LogP contribution in [0, 0.1) is 19.3 Å². The second kappa shape index (κ2) is 14.2. The van der Waals surface area contributed by atoms with E-state index in [1.54, 1.807) is 39.1 Å². The van der Waals surface area contributed by atoms with Crippen LogP contribution in [0.15, 0.2) is 72.8 Å². The van der Waals surface area contributed by atoms with Gasteiger partial charge in [-0.15, -0.1) is 6.42 Å². The number of amides is 4. The zero-order chi connectivity index (χ0) is 32.9. The van der Waals surface area contributed by atoms with E-state index in [9.17, 15) is 19.5 Å². The molecule has 3 heterocycles. The molecule has 3 aliphatic rings. The van der Waals surface area contributed by atoms with Gasteiger partial charge in [0.05, 0.1) is 32.8 Å². The Morgan fingerprint density at radius 2 is 1.72 bits per heavy atom. The third kappa shape index (κ3) is 7.04. The highest BCUT2D eigenvalue weighted by Crippen LogP contribution is 2.31. The normalized spacial score (nSPS) is 20.2. The van der Waals surface area contributed by atoms with E-state index in [-0.39, 0.29) is 50.2 Å². The number of anilines is 1. The monoisotopic (exact) mass is 636 g/mol. The molecule has 0 spiro atoms. The summed E-state index contributed by atoms with van der Waals surface area (Å²) in [5.41, 5.74) is 4.90. The first-order chi connectivity index (χ1) is 22.8. The molecule has 3 aromatic rings. The highest BCUT2D eigenvalue weighted by molar-refractivity contribution is 5.91. The largest absolute Gasteiger partial charge is 0.508 e. The van der Waals surface area contributed by atoms with E-state index in [0.29, 0.717) is 19.8 Å². The van der Waals surface area contributed by atoms with E-state index >= 15 is 0 Å². The number of aryl methyl sites for hydroxylation is 1. The molecule has 0 aromatic heterocycles. The molecule has 244 valence electrons. The molecule has 2 N–H and O–H groups in total. The molecule has 47 heavy (non-hydrogen) atoms. The number of hydrogen-bond donors (Lipinski definition) is 2. The van der Waals surface area contributed by atoms with Gasteiger partial charge in [-0.1, -0.05) is 60.5 Å². The first-order valence-electron chi connectivity index (χ1n) is 15.9. The zero-order valence-corrected chi connectivity index (χ0v) is 26.5. The van der Waals surface area contributed by atoms with Gasteiger partial charge in [0, 0.05) is 38.3 Å². The fourth-order valence-corrected chi connectivity index (χ4v) is 6.61. The van der Waals surface area contributed by atoms with Crippen molar-refractivity contribution in [2.45, 2.75) is 38.6 Å². The van der Waals surface area contributed by atoms with Gasteiger partial charge >= 0.3 is 6.03 Å². The molecule has 11 heteroatoms. The Labute approximate surface area is 275 Å². The van der Waals surface area contributed by atoms with Gasteiger partial charge in [-0.3, -0.25) is 9.59 Å². The lowest BCUT2D eigenvalue weighted by Crippen LogP contribution is -2.76. The molecule has 3 aliphatic heterocycles. The predicted octanol–water partition coefficient (Wildman–Crippen LogP) is 2.72. The minimum atomic E-state index is -0.868. The first-order valence-corrected chi connectivity index (χ1v) is 15.9. The summed E-state index contributed by atoms with van der Waals surface area (Å²) in [6.45, 7) is 5.58. The number of hydrazine groups is 1. The molecule has 4 amide bonds. The predicted molar refractivity (Wildman–Crippen MR) is 177 cm³/mol. The second-order valence-corrected chi connectivity index (χ2v) is 12.1. The van der Waals surface area contributed by atoms with Gasteiger partial charge in [0.1, 0.15) is 18.0 Å². The summed E-state index contributed by atoms with van der Waals surface area (Å²) in [5, 5.41) is 16.0. The summed E-state index contributed by atoms with van der Waals surface area (Å²) >= 11 is 0. The van der Waals surface area contributed by atoms with Crippen LogP contribution < -0.4 is 10.2 Å². The molecule has 0 bridgehead atoms. The number of fused-ring (bicyclic) bond motifs is 1. The van der Waals surface area contributed by atoms with Crippen LogP contribution in [-0.2, 0) is 33.8 Å². The summed E-state index contributed by atoms with van der Waals surface area (Å²) < 4.78 is 5.56. The third-order valence-electron chi connectivity index (χ3n) is 8.96. The fourth-order valence-electron chi connectivity index (χ4n) is 6.61. The third-order valence-corrected chi connectivity index (χ3v) is 8.96. The van der Waals surface area contributed by atoms with E-state index in [1.165, 1.54) is 5.01 Å². The maximum absolute atomic E-state index is 14.3. The fraction of sp³-hybridized carbons (Fsp3) is 0.361. The summed E-state index contributed by atoms with van der Waals surface area (Å²) in [6.07, 6.45) is 5.14. The number of nitrogens with zero attached hydrogens (tertiary/aromatic N) is 5. The van der Waals surface area contributed by atoms with Crippen molar-refractivity contribution in [2.24, 2.45) is 0 Å². The number of rotatable bonds is 8. The molecule has 0 radical (unpaired) electrons. The number of urea groups is 1. The molecule has 2 atom stereocenters. The van der Waals surface area contributed by atoms with Crippen molar-refractivity contribution in [1.82, 2.24) is 25.1 Å². The number of morpholine rings is 1. The van der Waals surface area contributed by atoms with Crippen LogP contribution in [-0.4, -0.2) is 101 Å². The highest BCUT2D eigenvalue weighted by atomic mass is 16.5. The van der Waals surface area contributed by atoms with Gasteiger partial charge in [-0.25, -0.2) is 9.80 Å². The minimum Gasteiger partial charge on any atom is -0.508 e. The number of nitrogens with one attached hydrogen (secondary N) is 1. The molecule has 3 saturated heterocycles.